The van der Waals surface area contributed by atoms with Gasteiger partial charge in [0.15, 0.2) is 0 Å². The van der Waals surface area contributed by atoms with Crippen LogP contribution in [0.25, 0.3) is 10.8 Å². The smallest absolute Gasteiger partial charge is 0.251 e. The number of aromatic nitrogens is 1. The van der Waals surface area contributed by atoms with E-state index in [4.69, 9.17) is 14.3 Å². The second-order valence-electron chi connectivity index (χ2n) is 4.91. The lowest BCUT2D eigenvalue weighted by Crippen LogP contribution is -2.26. The lowest BCUT2D eigenvalue weighted by Gasteiger charge is -2.06. The molecule has 6 nitrogen and oxygen atoms in total. The van der Waals surface area contributed by atoms with E-state index in [1.54, 1.807) is 41.9 Å². The second-order valence-corrected chi connectivity index (χ2v) is 5.86. The number of rotatable bonds is 7. The van der Waals surface area contributed by atoms with E-state index < -0.39 is 0 Å². The maximum atomic E-state index is 11.7. The molecule has 124 valence electrons. The molecule has 0 saturated carbocycles. The number of thiophene rings is 1. The Balaban J connectivity index is 1.56. The molecule has 7 heteroatoms. The largest absolute Gasteiger partial charge is 0.487 e. The molecule has 3 aromatic rings. The fourth-order valence-corrected chi connectivity index (χ4v) is 2.67. The second kappa shape index (κ2) is 7.76. The van der Waals surface area contributed by atoms with Crippen molar-refractivity contribution in [2.24, 2.45) is 0 Å². The minimum atomic E-state index is -0.229. The zero-order valence-corrected chi connectivity index (χ0v) is 13.6. The van der Waals surface area contributed by atoms with Crippen molar-refractivity contribution in [3.05, 3.63) is 59.3 Å². The molecule has 0 aliphatic carbocycles. The van der Waals surface area contributed by atoms with Gasteiger partial charge >= 0.3 is 0 Å². The quantitative estimate of drug-likeness (QED) is 0.688. The van der Waals surface area contributed by atoms with Crippen LogP contribution in [0.5, 0.6) is 5.75 Å². The third-order valence-electron chi connectivity index (χ3n) is 3.18. The predicted molar refractivity (Wildman–Crippen MR) is 90.0 cm³/mol. The summed E-state index contributed by atoms with van der Waals surface area (Å²) in [5.74, 6) is 0.988. The molecule has 24 heavy (non-hydrogen) atoms. The Kier molecular flexibility index (Phi) is 5.25. The van der Waals surface area contributed by atoms with Gasteiger partial charge in [-0.2, -0.15) is 0 Å². The van der Waals surface area contributed by atoms with Crippen LogP contribution in [-0.2, 0) is 6.61 Å². The summed E-state index contributed by atoms with van der Waals surface area (Å²) >= 11 is 1.56. The first-order valence-corrected chi connectivity index (χ1v) is 8.24. The summed E-state index contributed by atoms with van der Waals surface area (Å²) in [6, 6.07) is 10.7. The molecule has 0 fully saturated rings. The van der Waals surface area contributed by atoms with Gasteiger partial charge in [-0.25, -0.2) is 4.98 Å². The molecule has 0 atom stereocenters. The summed E-state index contributed by atoms with van der Waals surface area (Å²) in [6.45, 7) is 0.429. The summed E-state index contributed by atoms with van der Waals surface area (Å²) in [5.41, 5.74) is 1.21. The highest BCUT2D eigenvalue weighted by molar-refractivity contribution is 7.13. The van der Waals surface area contributed by atoms with Gasteiger partial charge in [-0.05, 0) is 35.7 Å². The number of aliphatic hydroxyl groups excluding tert-OH is 1. The van der Waals surface area contributed by atoms with Crippen LogP contribution < -0.4 is 10.1 Å². The number of oxazole rings is 1. The van der Waals surface area contributed by atoms with Gasteiger partial charge in [-0.3, -0.25) is 4.79 Å². The molecule has 0 saturated heterocycles. The SMILES string of the molecule is O=C(NCCO)c1ccc(OCc2coc(-c3cccs3)n2)cc1. The zero-order chi connectivity index (χ0) is 16.8. The van der Waals surface area contributed by atoms with Crippen LogP contribution in [0.2, 0.25) is 0 Å². The highest BCUT2D eigenvalue weighted by Gasteiger charge is 2.09. The molecular weight excluding hydrogens is 328 g/mol. The van der Waals surface area contributed by atoms with Crippen molar-refractivity contribution in [2.45, 2.75) is 6.61 Å². The van der Waals surface area contributed by atoms with Crippen molar-refractivity contribution >= 4 is 17.2 Å². The number of amides is 1. The van der Waals surface area contributed by atoms with Crippen molar-refractivity contribution in [1.82, 2.24) is 10.3 Å². The number of nitrogens with one attached hydrogen (secondary N) is 1. The normalized spacial score (nSPS) is 10.5. The molecule has 0 spiro atoms. The van der Waals surface area contributed by atoms with Gasteiger partial charge < -0.3 is 19.6 Å². The average Bonchev–Trinajstić information content (AvgIpc) is 3.29. The van der Waals surface area contributed by atoms with E-state index in [1.807, 2.05) is 17.5 Å². The van der Waals surface area contributed by atoms with Crippen LogP contribution in [0.1, 0.15) is 16.1 Å². The fourth-order valence-electron chi connectivity index (χ4n) is 2.02. The Morgan fingerprint density at radius 3 is 2.83 bits per heavy atom. The van der Waals surface area contributed by atoms with Crippen LogP contribution in [-0.4, -0.2) is 29.1 Å². The lowest BCUT2D eigenvalue weighted by atomic mass is 10.2. The Morgan fingerprint density at radius 1 is 1.29 bits per heavy atom. The van der Waals surface area contributed by atoms with Crippen molar-refractivity contribution in [1.29, 1.82) is 0 Å². The summed E-state index contributed by atoms with van der Waals surface area (Å²) in [7, 11) is 0. The van der Waals surface area contributed by atoms with Gasteiger partial charge in [0.1, 0.15) is 24.3 Å². The van der Waals surface area contributed by atoms with Gasteiger partial charge in [0.05, 0.1) is 11.5 Å². The summed E-state index contributed by atoms with van der Waals surface area (Å²) in [4.78, 5) is 17.1. The van der Waals surface area contributed by atoms with Gasteiger partial charge in [-0.1, -0.05) is 6.07 Å². The Morgan fingerprint density at radius 2 is 2.12 bits per heavy atom. The summed E-state index contributed by atoms with van der Waals surface area (Å²) in [5, 5.41) is 13.3. The van der Waals surface area contributed by atoms with Crippen LogP contribution in [0.4, 0.5) is 0 Å². The lowest BCUT2D eigenvalue weighted by molar-refractivity contribution is 0.0944. The first kappa shape index (κ1) is 16.2. The number of aliphatic hydroxyl groups is 1. The molecule has 0 bridgehead atoms. The van der Waals surface area contributed by atoms with Crippen LogP contribution >= 0.6 is 11.3 Å². The minimum absolute atomic E-state index is 0.0852. The number of hydrogen-bond donors (Lipinski definition) is 2. The topological polar surface area (TPSA) is 84.6 Å². The molecule has 0 aliphatic rings. The van der Waals surface area contributed by atoms with E-state index in [-0.39, 0.29) is 25.7 Å². The molecule has 0 unspecified atom stereocenters. The van der Waals surface area contributed by atoms with Crippen LogP contribution in [0.15, 0.2) is 52.5 Å². The number of carbonyl (C=O) groups is 1. The van der Waals surface area contributed by atoms with Crippen molar-refractivity contribution < 1.29 is 19.1 Å². The van der Waals surface area contributed by atoms with E-state index in [1.165, 1.54) is 0 Å². The van der Waals surface area contributed by atoms with Gasteiger partial charge in [0.2, 0.25) is 5.89 Å². The molecule has 2 N–H and O–H groups in total. The summed E-state index contributed by atoms with van der Waals surface area (Å²) < 4.78 is 11.1. The highest BCUT2D eigenvalue weighted by Crippen LogP contribution is 2.24. The van der Waals surface area contributed by atoms with Gasteiger partial charge in [0.25, 0.3) is 5.91 Å². The first-order chi connectivity index (χ1) is 11.8. The highest BCUT2D eigenvalue weighted by atomic mass is 32.1. The fraction of sp³-hybridized carbons (Fsp3) is 0.176. The number of ether oxygens (including phenoxy) is 1. The maximum absolute atomic E-state index is 11.7. The molecular formula is C17H16N2O4S. The molecule has 2 aromatic heterocycles. The number of carbonyl (C=O) groups excluding carboxylic acids is 1. The molecule has 0 aliphatic heterocycles. The molecule has 1 aromatic carbocycles. The molecule has 0 radical (unpaired) electrons. The number of hydrogen-bond acceptors (Lipinski definition) is 6. The predicted octanol–water partition coefficient (Wildman–Crippen LogP) is 2.70. The molecule has 2 heterocycles. The number of benzene rings is 1. The van der Waals surface area contributed by atoms with E-state index in [0.29, 0.717) is 22.9 Å². The molecule has 1 amide bonds. The third-order valence-corrected chi connectivity index (χ3v) is 4.04. The Labute approximate surface area is 142 Å². The van der Waals surface area contributed by atoms with Crippen LogP contribution in [0, 0.1) is 0 Å². The Hall–Kier alpha value is -2.64. The van der Waals surface area contributed by atoms with Crippen LogP contribution in [0.3, 0.4) is 0 Å². The van der Waals surface area contributed by atoms with E-state index in [0.717, 1.165) is 4.88 Å². The standard InChI is InChI=1S/C17H16N2O4S/c20-8-7-18-16(21)12-3-5-14(6-4-12)22-10-13-11-23-17(19-13)15-2-1-9-24-15/h1-6,9,11,20H,7-8,10H2,(H,18,21). The first-order valence-electron chi connectivity index (χ1n) is 7.36. The summed E-state index contributed by atoms with van der Waals surface area (Å²) in [6.07, 6.45) is 1.58. The van der Waals surface area contributed by atoms with Gasteiger partial charge in [0, 0.05) is 12.1 Å². The minimum Gasteiger partial charge on any atom is -0.487 e. The average molecular weight is 344 g/mol. The Bertz CT molecular complexity index is 781. The monoisotopic (exact) mass is 344 g/mol. The maximum Gasteiger partial charge on any atom is 0.251 e. The number of nitrogens with zero attached hydrogens (tertiary/aromatic N) is 1. The van der Waals surface area contributed by atoms with E-state index >= 15 is 0 Å². The zero-order valence-electron chi connectivity index (χ0n) is 12.8. The molecule has 3 rings (SSSR count). The van der Waals surface area contributed by atoms with Crippen molar-refractivity contribution in [2.75, 3.05) is 13.2 Å². The van der Waals surface area contributed by atoms with Crippen molar-refractivity contribution in [3.8, 4) is 16.5 Å². The van der Waals surface area contributed by atoms with Gasteiger partial charge in [-0.15, -0.1) is 11.3 Å². The van der Waals surface area contributed by atoms with E-state index in [9.17, 15) is 4.79 Å². The third kappa shape index (κ3) is 4.01. The van der Waals surface area contributed by atoms with Crippen molar-refractivity contribution in [3.63, 3.8) is 0 Å². The van der Waals surface area contributed by atoms with E-state index in [2.05, 4.69) is 10.3 Å².